The fourth-order valence-corrected chi connectivity index (χ4v) is 5.99. The van der Waals surface area contributed by atoms with Gasteiger partial charge in [0.05, 0.1) is 21.9 Å². The van der Waals surface area contributed by atoms with E-state index in [0.717, 1.165) is 70.1 Å². The Morgan fingerprint density at radius 1 is 0.791 bits per heavy atom. The number of rotatable bonds is 10. The van der Waals surface area contributed by atoms with Crippen LogP contribution in [0.3, 0.4) is 0 Å². The summed E-state index contributed by atoms with van der Waals surface area (Å²) in [5.41, 5.74) is 10.7. The summed E-state index contributed by atoms with van der Waals surface area (Å²) in [7, 11) is 0. The first kappa shape index (κ1) is 30.6. The van der Waals surface area contributed by atoms with Crippen LogP contribution in [0.2, 0.25) is 0 Å². The molecule has 11 nitrogen and oxygen atoms in total. The van der Waals surface area contributed by atoms with Gasteiger partial charge in [-0.3, -0.25) is 9.59 Å². The van der Waals surface area contributed by atoms with Gasteiger partial charge in [-0.05, 0) is 100 Å². The fraction of sp³-hybridized carbons (Fsp3) is 0.400. The number of carbonyl (C=O) groups excluding carboxylic acids is 2. The van der Waals surface area contributed by atoms with Crippen LogP contribution in [0.1, 0.15) is 63.8 Å². The summed E-state index contributed by atoms with van der Waals surface area (Å²) in [6, 6.07) is 11.8. The Morgan fingerprint density at radius 2 is 1.21 bits per heavy atom. The maximum Gasteiger partial charge on any atom is 0.278 e. The highest BCUT2D eigenvalue weighted by Crippen LogP contribution is 2.31. The zero-order chi connectivity index (χ0) is 30.7. The Balaban J connectivity index is 1.09. The number of nitrogens with one attached hydrogen (secondary N) is 2. The lowest BCUT2D eigenvalue weighted by Crippen LogP contribution is -2.27. The molecule has 13 heteroatoms. The second-order valence-corrected chi connectivity index (χ2v) is 13.2. The van der Waals surface area contributed by atoms with E-state index in [9.17, 15) is 9.59 Å². The van der Waals surface area contributed by atoms with Crippen molar-refractivity contribution >= 4 is 46.8 Å². The number of hydrazone groups is 2. The minimum absolute atomic E-state index is 0.161. The summed E-state index contributed by atoms with van der Waals surface area (Å²) in [5, 5.41) is 15.9. The van der Waals surface area contributed by atoms with Crippen LogP contribution in [0, 0.1) is 0 Å². The smallest absolute Gasteiger partial charge is 0.278 e. The first-order valence-corrected chi connectivity index (χ1v) is 15.8. The van der Waals surface area contributed by atoms with Crippen LogP contribution >= 0.6 is 23.5 Å². The van der Waals surface area contributed by atoms with Crippen molar-refractivity contribution in [2.45, 2.75) is 87.5 Å². The number of aromatic nitrogens is 2. The van der Waals surface area contributed by atoms with E-state index in [4.69, 9.17) is 13.9 Å². The summed E-state index contributed by atoms with van der Waals surface area (Å²) in [6.07, 6.45) is 2.02. The summed E-state index contributed by atoms with van der Waals surface area (Å²) in [4.78, 5) is 25.3. The van der Waals surface area contributed by atoms with E-state index in [1.807, 2.05) is 64.1 Å². The van der Waals surface area contributed by atoms with Crippen molar-refractivity contribution in [1.29, 1.82) is 0 Å². The highest BCUT2D eigenvalue weighted by molar-refractivity contribution is 8.01. The van der Waals surface area contributed by atoms with Crippen LogP contribution in [0.15, 0.2) is 61.5 Å². The minimum Gasteiger partial charge on any atom is -0.490 e. The molecular formula is C30H34N6O5S2. The number of carbonyl (C=O) groups is 2. The van der Waals surface area contributed by atoms with E-state index in [2.05, 4.69) is 31.3 Å². The van der Waals surface area contributed by atoms with Crippen LogP contribution in [-0.4, -0.2) is 56.1 Å². The maximum atomic E-state index is 12.7. The topological polar surface area (TPSA) is 140 Å². The van der Waals surface area contributed by atoms with Crippen molar-refractivity contribution in [2.24, 2.45) is 10.2 Å². The van der Waals surface area contributed by atoms with Crippen molar-refractivity contribution in [2.75, 3.05) is 0 Å². The number of nitrogens with zero attached hydrogens (tertiary/aromatic N) is 4. The molecule has 0 spiro atoms. The minimum atomic E-state index is -0.545. The number of hydrogen-bond acceptors (Lipinski definition) is 11. The lowest BCUT2D eigenvalue weighted by molar-refractivity contribution is -0.121. The lowest BCUT2D eigenvalue weighted by Gasteiger charge is -2.09. The summed E-state index contributed by atoms with van der Waals surface area (Å²) < 4.78 is 17.2. The number of amides is 2. The zero-order valence-corrected chi connectivity index (χ0v) is 26.5. The van der Waals surface area contributed by atoms with Crippen molar-refractivity contribution in [3.63, 3.8) is 0 Å². The molecule has 0 bridgehead atoms. The van der Waals surface area contributed by atoms with Gasteiger partial charge in [0.1, 0.15) is 23.7 Å². The number of hydrogen-bond donors (Lipinski definition) is 2. The Hall–Kier alpha value is -3.84. The second-order valence-electron chi connectivity index (χ2n) is 10.6. The van der Waals surface area contributed by atoms with Crippen molar-refractivity contribution in [3.05, 3.63) is 58.7 Å². The van der Waals surface area contributed by atoms with E-state index in [0.29, 0.717) is 11.4 Å². The molecule has 1 aromatic heterocycles. The van der Waals surface area contributed by atoms with Gasteiger partial charge in [0.15, 0.2) is 0 Å². The molecule has 0 saturated carbocycles. The van der Waals surface area contributed by atoms with E-state index < -0.39 is 10.5 Å². The standard InChI is InChI=1S/C30H34N6O5S2/c1-15-11-23-13-21(7-9-25(23)39-15)17(3)31-33-27(37)19(5)42-29-35-36-30(41-29)43-20(6)28(38)34-32-18(4)22-8-10-26-24(14-22)12-16(2)40-26/h7-10,13-16,19-20H,11-12H2,1-6H3,(H,33,37)(H,34,38)/b31-17-,32-18-/t15-,16+,19-,20+. The van der Waals surface area contributed by atoms with Crippen molar-refractivity contribution < 1.29 is 23.5 Å². The normalized spacial score (nSPS) is 19.1. The average molecular weight is 623 g/mol. The largest absolute Gasteiger partial charge is 0.490 e. The van der Waals surface area contributed by atoms with E-state index in [1.54, 1.807) is 13.8 Å². The predicted octanol–water partition coefficient (Wildman–Crippen LogP) is 4.76. The van der Waals surface area contributed by atoms with Crippen LogP contribution in [0.25, 0.3) is 0 Å². The molecule has 2 aromatic carbocycles. The highest BCUT2D eigenvalue weighted by atomic mass is 32.2. The third kappa shape index (κ3) is 7.57. The van der Waals surface area contributed by atoms with Gasteiger partial charge in [-0.2, -0.15) is 10.2 Å². The second kappa shape index (κ2) is 13.2. The first-order valence-electron chi connectivity index (χ1n) is 14.0. The quantitative estimate of drug-likeness (QED) is 0.186. The van der Waals surface area contributed by atoms with Crippen LogP contribution in [0.4, 0.5) is 0 Å². The number of thioether (sulfide) groups is 2. The average Bonchev–Trinajstić information content (AvgIpc) is 3.69. The van der Waals surface area contributed by atoms with Crippen molar-refractivity contribution in [1.82, 2.24) is 21.0 Å². The molecule has 226 valence electrons. The van der Waals surface area contributed by atoms with E-state index in [1.165, 1.54) is 0 Å². The molecular weight excluding hydrogens is 589 g/mol. The zero-order valence-electron chi connectivity index (χ0n) is 24.8. The third-order valence-electron chi connectivity index (χ3n) is 6.98. The molecule has 2 aliphatic heterocycles. The molecule has 2 aliphatic rings. The Labute approximate surface area is 258 Å². The van der Waals surface area contributed by atoms with Crippen LogP contribution in [0.5, 0.6) is 11.5 Å². The molecule has 43 heavy (non-hydrogen) atoms. The molecule has 3 aromatic rings. The van der Waals surface area contributed by atoms with E-state index >= 15 is 0 Å². The van der Waals surface area contributed by atoms with Gasteiger partial charge < -0.3 is 13.9 Å². The van der Waals surface area contributed by atoms with Gasteiger partial charge in [0.25, 0.3) is 22.3 Å². The molecule has 0 saturated heterocycles. The molecule has 0 aliphatic carbocycles. The Kier molecular flexibility index (Phi) is 9.40. The van der Waals surface area contributed by atoms with Crippen LogP contribution < -0.4 is 20.3 Å². The summed E-state index contributed by atoms with van der Waals surface area (Å²) in [5.74, 6) is 1.18. The molecule has 4 atom stereocenters. The van der Waals surface area contributed by atoms with Gasteiger partial charge in [-0.25, -0.2) is 10.9 Å². The molecule has 2 amide bonds. The SMILES string of the molecule is C/C(=N/NC(=O)[C@H](C)Sc1nnc(S[C@H](C)C(=O)N/N=C(/C)c2ccc3c(c2)C[C@@H](C)O3)o1)c1ccc2c(c1)C[C@H](C)O2. The molecule has 0 unspecified atom stereocenters. The number of benzene rings is 2. The lowest BCUT2D eigenvalue weighted by atomic mass is 10.0. The summed E-state index contributed by atoms with van der Waals surface area (Å²) in [6.45, 7) is 11.2. The first-order chi connectivity index (χ1) is 20.5. The maximum absolute atomic E-state index is 12.7. The molecule has 5 rings (SSSR count). The van der Waals surface area contributed by atoms with Crippen LogP contribution in [-0.2, 0) is 22.4 Å². The van der Waals surface area contributed by atoms with Gasteiger partial charge >= 0.3 is 0 Å². The van der Waals surface area contributed by atoms with Crippen molar-refractivity contribution in [3.8, 4) is 11.5 Å². The Bertz CT molecular complexity index is 1470. The van der Waals surface area contributed by atoms with Gasteiger partial charge in [-0.1, -0.05) is 23.5 Å². The monoisotopic (exact) mass is 622 g/mol. The molecule has 2 N–H and O–H groups in total. The molecule has 0 fully saturated rings. The van der Waals surface area contributed by atoms with E-state index in [-0.39, 0.29) is 34.5 Å². The van der Waals surface area contributed by atoms with Gasteiger partial charge in [-0.15, -0.1) is 10.2 Å². The Morgan fingerprint density at radius 3 is 1.63 bits per heavy atom. The van der Waals surface area contributed by atoms with Gasteiger partial charge in [0, 0.05) is 12.8 Å². The molecule has 0 radical (unpaired) electrons. The fourth-order valence-electron chi connectivity index (χ4n) is 4.58. The van der Waals surface area contributed by atoms with Gasteiger partial charge in [0.2, 0.25) is 0 Å². The third-order valence-corrected chi connectivity index (χ3v) is 8.85. The number of ether oxygens (including phenoxy) is 2. The summed E-state index contributed by atoms with van der Waals surface area (Å²) >= 11 is 2.22. The predicted molar refractivity (Wildman–Crippen MR) is 166 cm³/mol. The molecule has 3 heterocycles. The highest BCUT2D eigenvalue weighted by Gasteiger charge is 2.23. The number of fused-ring (bicyclic) bond motifs is 2.